The Labute approximate surface area is 206 Å². The third-order valence-electron chi connectivity index (χ3n) is 6.79. The first-order chi connectivity index (χ1) is 16.6. The van der Waals surface area contributed by atoms with Crippen LogP contribution in [0.3, 0.4) is 0 Å². The van der Waals surface area contributed by atoms with Gasteiger partial charge in [0, 0.05) is 31.6 Å². The minimum atomic E-state index is -0.534. The minimum absolute atomic E-state index is 0.0327. The predicted molar refractivity (Wildman–Crippen MR) is 133 cm³/mol. The van der Waals surface area contributed by atoms with Gasteiger partial charge in [-0.1, -0.05) is 30.3 Å². The smallest absolute Gasteiger partial charge is 0.407 e. The number of alkyl carbamates (subject to hydrolysis) is 1. The summed E-state index contributed by atoms with van der Waals surface area (Å²) in [5, 5.41) is 15.1. The summed E-state index contributed by atoms with van der Waals surface area (Å²) in [6, 6.07) is 10.3. The Hall–Kier alpha value is -3.29. The lowest BCUT2D eigenvalue weighted by molar-refractivity contribution is -0.136. The number of benzene rings is 2. The summed E-state index contributed by atoms with van der Waals surface area (Å²) >= 11 is 0. The number of piperidine rings is 1. The van der Waals surface area contributed by atoms with Gasteiger partial charge in [-0.25, -0.2) is 4.79 Å². The van der Waals surface area contributed by atoms with E-state index in [9.17, 15) is 19.5 Å². The van der Waals surface area contributed by atoms with E-state index in [1.54, 1.807) is 17.0 Å². The fourth-order valence-electron chi connectivity index (χ4n) is 4.96. The number of fused-ring (bicyclic) bond motifs is 1. The molecule has 2 N–H and O–H groups in total. The van der Waals surface area contributed by atoms with Crippen LogP contribution in [0.4, 0.5) is 4.79 Å². The number of amides is 3. The molecule has 0 aromatic heterocycles. The Balaban J connectivity index is 1.35. The average Bonchev–Trinajstić information content (AvgIpc) is 3.32. The number of nitrogens with one attached hydrogen (secondary N) is 1. The molecule has 4 rings (SSSR count). The second-order valence-corrected chi connectivity index (χ2v) is 10.5. The normalized spacial score (nSPS) is 19.1. The highest BCUT2D eigenvalue weighted by Crippen LogP contribution is 2.32. The van der Waals surface area contributed by atoms with Crippen molar-refractivity contribution in [1.29, 1.82) is 0 Å². The van der Waals surface area contributed by atoms with Crippen LogP contribution in [-0.2, 0) is 9.53 Å². The number of carbonyl (C=O) groups excluding carboxylic acids is 3. The molecule has 2 aliphatic rings. The van der Waals surface area contributed by atoms with Crippen LogP contribution >= 0.6 is 0 Å². The molecule has 2 aromatic carbocycles. The quantitative estimate of drug-likeness (QED) is 0.690. The van der Waals surface area contributed by atoms with Crippen molar-refractivity contribution < 1.29 is 24.2 Å². The van der Waals surface area contributed by atoms with Gasteiger partial charge in [-0.05, 0) is 63.8 Å². The Kier molecular flexibility index (Phi) is 7.19. The lowest BCUT2D eigenvalue weighted by Gasteiger charge is -2.35. The highest BCUT2D eigenvalue weighted by molar-refractivity contribution is 6.05. The van der Waals surface area contributed by atoms with Gasteiger partial charge in [0.2, 0.25) is 5.91 Å². The molecule has 2 heterocycles. The van der Waals surface area contributed by atoms with E-state index in [-0.39, 0.29) is 29.0 Å². The molecule has 2 aromatic rings. The summed E-state index contributed by atoms with van der Waals surface area (Å²) in [5.74, 6) is -0.0952. The maximum Gasteiger partial charge on any atom is 0.407 e. The molecule has 0 radical (unpaired) electrons. The van der Waals surface area contributed by atoms with E-state index in [1.807, 2.05) is 49.9 Å². The number of phenolic OH excluding ortho intramolecular Hbond substituents is 1. The van der Waals surface area contributed by atoms with Gasteiger partial charge < -0.3 is 25.0 Å². The molecule has 2 saturated heterocycles. The van der Waals surface area contributed by atoms with Crippen molar-refractivity contribution in [2.75, 3.05) is 26.2 Å². The third-order valence-corrected chi connectivity index (χ3v) is 6.79. The summed E-state index contributed by atoms with van der Waals surface area (Å²) in [7, 11) is 0. The van der Waals surface area contributed by atoms with Crippen molar-refractivity contribution in [2.45, 2.75) is 58.1 Å². The predicted octanol–water partition coefficient (Wildman–Crippen LogP) is 3.91. The second-order valence-electron chi connectivity index (χ2n) is 10.5. The van der Waals surface area contributed by atoms with Crippen molar-refractivity contribution in [3.63, 3.8) is 0 Å². The van der Waals surface area contributed by atoms with Crippen LogP contribution in [0.2, 0.25) is 0 Å². The van der Waals surface area contributed by atoms with Crippen molar-refractivity contribution >= 4 is 28.7 Å². The molecule has 2 fully saturated rings. The summed E-state index contributed by atoms with van der Waals surface area (Å²) in [6.07, 6.45) is 2.53. The van der Waals surface area contributed by atoms with E-state index >= 15 is 0 Å². The molecular formula is C27H35N3O5. The number of ether oxygens (including phenoxy) is 1. The maximum atomic E-state index is 13.4. The summed E-state index contributed by atoms with van der Waals surface area (Å²) < 4.78 is 5.29. The van der Waals surface area contributed by atoms with Crippen LogP contribution in [0.15, 0.2) is 36.4 Å². The molecule has 0 spiro atoms. The highest BCUT2D eigenvalue weighted by atomic mass is 16.6. The van der Waals surface area contributed by atoms with Gasteiger partial charge in [-0.2, -0.15) is 0 Å². The van der Waals surface area contributed by atoms with Crippen LogP contribution in [-0.4, -0.2) is 70.6 Å². The zero-order valence-corrected chi connectivity index (χ0v) is 20.8. The van der Waals surface area contributed by atoms with E-state index in [0.29, 0.717) is 38.0 Å². The molecule has 0 bridgehead atoms. The van der Waals surface area contributed by atoms with E-state index in [4.69, 9.17) is 4.74 Å². The standard InChI is InChI=1S/C27H35N3O5/c1-27(2,3)35-26(34)28-17-18-12-15-29(16-13-18)25(33)22-9-6-14-30(22)24(32)21-11-10-19-7-4-5-8-20(19)23(21)31/h4-5,7-8,10-11,18,22,31H,6,9,12-17H2,1-3H3,(H,28,34). The Morgan fingerprint density at radius 2 is 1.74 bits per heavy atom. The number of hydrogen-bond acceptors (Lipinski definition) is 5. The van der Waals surface area contributed by atoms with Gasteiger partial charge in [-0.3, -0.25) is 9.59 Å². The van der Waals surface area contributed by atoms with Crippen molar-refractivity contribution in [3.8, 4) is 5.75 Å². The lowest BCUT2D eigenvalue weighted by Crippen LogP contribution is -2.50. The number of likely N-dealkylation sites (tertiary alicyclic amines) is 2. The van der Waals surface area contributed by atoms with E-state index < -0.39 is 17.7 Å². The van der Waals surface area contributed by atoms with Gasteiger partial charge in [-0.15, -0.1) is 0 Å². The zero-order chi connectivity index (χ0) is 25.2. The van der Waals surface area contributed by atoms with Gasteiger partial charge in [0.25, 0.3) is 5.91 Å². The molecule has 8 heteroatoms. The number of nitrogens with zero attached hydrogens (tertiary/aromatic N) is 2. The number of hydrogen-bond donors (Lipinski definition) is 2. The fourth-order valence-corrected chi connectivity index (χ4v) is 4.96. The largest absolute Gasteiger partial charge is 0.506 e. The van der Waals surface area contributed by atoms with Crippen LogP contribution in [0.25, 0.3) is 10.8 Å². The zero-order valence-electron chi connectivity index (χ0n) is 20.8. The minimum Gasteiger partial charge on any atom is -0.506 e. The molecule has 2 aliphatic heterocycles. The molecule has 1 unspecified atom stereocenters. The molecule has 3 amide bonds. The Bertz CT molecular complexity index is 1100. The van der Waals surface area contributed by atoms with Crippen LogP contribution in [0.1, 0.15) is 56.8 Å². The third kappa shape index (κ3) is 5.69. The van der Waals surface area contributed by atoms with Crippen molar-refractivity contribution in [1.82, 2.24) is 15.1 Å². The van der Waals surface area contributed by atoms with Gasteiger partial charge in [0.15, 0.2) is 0 Å². The topological polar surface area (TPSA) is 99.2 Å². The number of aromatic hydroxyl groups is 1. The van der Waals surface area contributed by atoms with E-state index in [0.717, 1.165) is 24.6 Å². The average molecular weight is 482 g/mol. The summed E-state index contributed by atoms with van der Waals surface area (Å²) in [6.45, 7) is 7.70. The van der Waals surface area contributed by atoms with Crippen LogP contribution < -0.4 is 5.32 Å². The van der Waals surface area contributed by atoms with Crippen molar-refractivity contribution in [2.24, 2.45) is 5.92 Å². The lowest BCUT2D eigenvalue weighted by atomic mass is 9.96. The van der Waals surface area contributed by atoms with Gasteiger partial charge >= 0.3 is 6.09 Å². The molecule has 35 heavy (non-hydrogen) atoms. The van der Waals surface area contributed by atoms with Crippen LogP contribution in [0.5, 0.6) is 5.75 Å². The molecule has 8 nitrogen and oxygen atoms in total. The van der Waals surface area contributed by atoms with Gasteiger partial charge in [0.05, 0.1) is 5.56 Å². The second kappa shape index (κ2) is 10.1. The first-order valence-electron chi connectivity index (χ1n) is 12.4. The molecule has 0 aliphatic carbocycles. The fraction of sp³-hybridized carbons (Fsp3) is 0.519. The van der Waals surface area contributed by atoms with E-state index in [2.05, 4.69) is 5.32 Å². The molecule has 188 valence electrons. The first kappa shape index (κ1) is 24.8. The SMILES string of the molecule is CC(C)(C)OC(=O)NCC1CCN(C(=O)C2CCCN2C(=O)c2ccc3ccccc3c2O)CC1. The monoisotopic (exact) mass is 481 g/mol. The summed E-state index contributed by atoms with van der Waals surface area (Å²) in [5.41, 5.74) is -0.302. The number of phenols is 1. The van der Waals surface area contributed by atoms with Crippen LogP contribution in [0, 0.1) is 5.92 Å². The van der Waals surface area contributed by atoms with Gasteiger partial charge in [0.1, 0.15) is 17.4 Å². The molecule has 1 atom stereocenters. The Morgan fingerprint density at radius 3 is 2.46 bits per heavy atom. The highest BCUT2D eigenvalue weighted by Gasteiger charge is 2.38. The van der Waals surface area contributed by atoms with Crippen molar-refractivity contribution in [3.05, 3.63) is 42.0 Å². The Morgan fingerprint density at radius 1 is 1.03 bits per heavy atom. The maximum absolute atomic E-state index is 13.4. The molecular weight excluding hydrogens is 446 g/mol. The van der Waals surface area contributed by atoms with E-state index in [1.165, 1.54) is 0 Å². The molecule has 0 saturated carbocycles. The first-order valence-corrected chi connectivity index (χ1v) is 12.4. The number of carbonyl (C=O) groups is 3. The summed E-state index contributed by atoms with van der Waals surface area (Å²) in [4.78, 5) is 42.1. The number of rotatable bonds is 4.